The van der Waals surface area contributed by atoms with Gasteiger partial charge in [0.1, 0.15) is 6.16 Å². The molecule has 0 bridgehead atoms. The van der Waals surface area contributed by atoms with Crippen LogP contribution in [-0.4, -0.2) is 28.3 Å². The van der Waals surface area contributed by atoms with E-state index in [2.05, 4.69) is 0 Å². The summed E-state index contributed by atoms with van der Waals surface area (Å²) in [6.45, 7) is 1.49. The second kappa shape index (κ2) is 5.08. The summed E-state index contributed by atoms with van der Waals surface area (Å²) in [7, 11) is -3.33. The van der Waals surface area contributed by atoms with Gasteiger partial charge in [0.15, 0.2) is 0 Å². The van der Waals surface area contributed by atoms with E-state index in [1.807, 2.05) is 0 Å². The van der Waals surface area contributed by atoms with E-state index in [0.717, 1.165) is 0 Å². The predicted octanol–water partition coefficient (Wildman–Crippen LogP) is 0.359. The van der Waals surface area contributed by atoms with E-state index < -0.39 is 19.5 Å². The number of aliphatic carboxylic acids is 1. The molecule has 0 aromatic carbocycles. The molecular formula is C4H9O4PTi. The average Bonchev–Trinajstić information content (AvgIpc) is 1.63. The van der Waals surface area contributed by atoms with Crippen molar-refractivity contribution in [3.05, 3.63) is 0 Å². The number of carboxylic acid groups (broad SMARTS) is 1. The van der Waals surface area contributed by atoms with Gasteiger partial charge in [-0.3, -0.25) is 9.36 Å². The molecule has 1 unspecified atom stereocenters. The van der Waals surface area contributed by atoms with E-state index in [9.17, 15) is 9.36 Å². The second-order valence-corrected chi connectivity index (χ2v) is 4.36. The van der Waals surface area contributed by atoms with Crippen LogP contribution in [0.3, 0.4) is 0 Å². The Balaban J connectivity index is 0. The minimum absolute atomic E-state index is 0. The van der Waals surface area contributed by atoms with Crippen LogP contribution in [-0.2, 0) is 31.1 Å². The van der Waals surface area contributed by atoms with E-state index in [0.29, 0.717) is 0 Å². The molecule has 0 aliphatic rings. The van der Waals surface area contributed by atoms with Gasteiger partial charge in [0.05, 0.1) is 0 Å². The molecule has 0 saturated carbocycles. The van der Waals surface area contributed by atoms with Crippen LogP contribution in [0.25, 0.3) is 0 Å². The van der Waals surface area contributed by atoms with Gasteiger partial charge in [0.25, 0.3) is 0 Å². The van der Waals surface area contributed by atoms with Crippen LogP contribution in [0.15, 0.2) is 0 Å². The van der Waals surface area contributed by atoms with Crippen molar-refractivity contribution in [3.63, 3.8) is 0 Å². The number of rotatable bonds is 3. The van der Waals surface area contributed by atoms with Gasteiger partial charge in [-0.1, -0.05) is 6.92 Å². The molecule has 0 aromatic rings. The summed E-state index contributed by atoms with van der Waals surface area (Å²) < 4.78 is 10.6. The molecule has 0 radical (unpaired) electrons. The molecule has 0 rings (SSSR count). The van der Waals surface area contributed by atoms with Crippen molar-refractivity contribution in [2.45, 2.75) is 6.92 Å². The van der Waals surface area contributed by atoms with Crippen molar-refractivity contribution in [3.8, 4) is 0 Å². The zero-order valence-electron chi connectivity index (χ0n) is 5.57. The van der Waals surface area contributed by atoms with Crippen LogP contribution in [0.5, 0.6) is 0 Å². The fraction of sp³-hybridized carbons (Fsp3) is 0.750. The van der Waals surface area contributed by atoms with Gasteiger partial charge in [-0.05, 0) is 0 Å². The largest absolute Gasteiger partial charge is 0.481 e. The van der Waals surface area contributed by atoms with Crippen molar-refractivity contribution < 1.29 is 41.1 Å². The summed E-state index contributed by atoms with van der Waals surface area (Å²) in [6.07, 6.45) is -0.594. The second-order valence-electron chi connectivity index (χ2n) is 1.71. The Morgan fingerprint density at radius 3 is 2.10 bits per heavy atom. The van der Waals surface area contributed by atoms with Gasteiger partial charge in [0, 0.05) is 27.9 Å². The number of carboxylic acids is 1. The Morgan fingerprint density at radius 1 is 1.60 bits per heavy atom. The zero-order chi connectivity index (χ0) is 7.49. The topological polar surface area (TPSA) is 74.6 Å². The Hall–Kier alpha value is 0.374. The standard InChI is InChI=1S/C4H9O4P.Ti/c1-2-9(7,8)3-4(5)6;/h2-3H2,1H3,(H,5,6)(H,7,8);. The zero-order valence-corrected chi connectivity index (χ0v) is 8.03. The van der Waals surface area contributed by atoms with Gasteiger partial charge in [-0.25, -0.2) is 0 Å². The molecule has 0 fully saturated rings. The van der Waals surface area contributed by atoms with E-state index in [4.69, 9.17) is 10.00 Å². The number of hydrogen-bond donors (Lipinski definition) is 2. The first-order valence-electron chi connectivity index (χ1n) is 2.50. The van der Waals surface area contributed by atoms with Crippen LogP contribution in [0, 0.1) is 0 Å². The number of hydrogen-bond acceptors (Lipinski definition) is 2. The summed E-state index contributed by atoms with van der Waals surface area (Å²) in [5.74, 6) is -1.22. The van der Waals surface area contributed by atoms with Crippen molar-refractivity contribution >= 4 is 13.3 Å². The third-order valence-corrected chi connectivity index (χ3v) is 2.63. The van der Waals surface area contributed by atoms with Gasteiger partial charge in [-0.2, -0.15) is 0 Å². The molecule has 4 nitrogen and oxygen atoms in total. The first-order valence-corrected chi connectivity index (χ1v) is 4.53. The minimum Gasteiger partial charge on any atom is -0.481 e. The van der Waals surface area contributed by atoms with Gasteiger partial charge in [0.2, 0.25) is 7.37 Å². The van der Waals surface area contributed by atoms with Crippen molar-refractivity contribution in [2.75, 3.05) is 12.3 Å². The first kappa shape index (κ1) is 13.0. The van der Waals surface area contributed by atoms with Crippen LogP contribution in [0.2, 0.25) is 0 Å². The summed E-state index contributed by atoms with van der Waals surface area (Å²) in [5.41, 5.74) is 0. The third-order valence-electron chi connectivity index (χ3n) is 0.876. The van der Waals surface area contributed by atoms with Crippen LogP contribution in [0.4, 0.5) is 0 Å². The Labute approximate surface area is 74.0 Å². The maximum atomic E-state index is 10.6. The summed E-state index contributed by atoms with van der Waals surface area (Å²) in [5, 5.41) is 8.05. The summed E-state index contributed by atoms with van der Waals surface area (Å²) in [4.78, 5) is 18.5. The number of carbonyl (C=O) groups is 1. The molecule has 0 aliphatic heterocycles. The monoisotopic (exact) mass is 200 g/mol. The maximum absolute atomic E-state index is 10.6. The maximum Gasteiger partial charge on any atom is 0.313 e. The van der Waals surface area contributed by atoms with E-state index in [1.165, 1.54) is 6.92 Å². The van der Waals surface area contributed by atoms with Crippen LogP contribution >= 0.6 is 7.37 Å². The Kier molecular flexibility index (Phi) is 6.61. The van der Waals surface area contributed by atoms with Crippen LogP contribution in [0.1, 0.15) is 6.92 Å². The molecule has 0 aliphatic carbocycles. The molecule has 0 saturated heterocycles. The van der Waals surface area contributed by atoms with Gasteiger partial charge < -0.3 is 10.00 Å². The Bertz CT molecular complexity index is 157. The molecule has 6 heteroatoms. The molecule has 1 atom stereocenters. The summed E-state index contributed by atoms with van der Waals surface area (Å²) >= 11 is 0. The van der Waals surface area contributed by atoms with Gasteiger partial charge >= 0.3 is 5.97 Å². The SMILES string of the molecule is CCP(=O)(O)CC(=O)O.[Ti]. The fourth-order valence-corrected chi connectivity index (χ4v) is 0.969. The molecule has 0 spiro atoms. The smallest absolute Gasteiger partial charge is 0.313 e. The molecule has 0 amide bonds. The average molecular weight is 200 g/mol. The Morgan fingerprint density at radius 2 is 2.00 bits per heavy atom. The van der Waals surface area contributed by atoms with E-state index in [1.54, 1.807) is 0 Å². The normalized spacial score (nSPS) is 15.0. The van der Waals surface area contributed by atoms with Crippen molar-refractivity contribution in [1.29, 1.82) is 0 Å². The van der Waals surface area contributed by atoms with E-state index in [-0.39, 0.29) is 27.9 Å². The predicted molar refractivity (Wildman–Crippen MR) is 32.9 cm³/mol. The molecule has 0 heterocycles. The fourth-order valence-electron chi connectivity index (χ4n) is 0.323. The van der Waals surface area contributed by atoms with Crippen LogP contribution < -0.4 is 0 Å². The molecule has 0 aromatic heterocycles. The van der Waals surface area contributed by atoms with E-state index >= 15 is 0 Å². The first-order chi connectivity index (χ1) is 3.98. The van der Waals surface area contributed by atoms with Gasteiger partial charge in [-0.15, -0.1) is 0 Å². The summed E-state index contributed by atoms with van der Waals surface area (Å²) in [6, 6.07) is 0. The molecular weight excluding hydrogens is 191 g/mol. The van der Waals surface area contributed by atoms with Crippen molar-refractivity contribution in [1.82, 2.24) is 0 Å². The quantitative estimate of drug-likeness (QED) is 0.509. The molecule has 10 heavy (non-hydrogen) atoms. The third kappa shape index (κ3) is 6.49. The molecule has 2 N–H and O–H groups in total. The minimum atomic E-state index is -3.33. The molecule has 58 valence electrons. The van der Waals surface area contributed by atoms with Crippen molar-refractivity contribution in [2.24, 2.45) is 0 Å².